The molecule has 52 valence electrons. The van der Waals surface area contributed by atoms with Crippen molar-refractivity contribution in [3.63, 3.8) is 0 Å². The van der Waals surface area contributed by atoms with Gasteiger partial charge in [-0.1, -0.05) is 36.5 Å². The van der Waals surface area contributed by atoms with Crippen molar-refractivity contribution in [2.24, 2.45) is 0 Å². The molecular formula is C10H11Li. The van der Waals surface area contributed by atoms with E-state index in [9.17, 15) is 0 Å². The van der Waals surface area contributed by atoms with Gasteiger partial charge in [-0.25, -0.2) is 0 Å². The van der Waals surface area contributed by atoms with Crippen molar-refractivity contribution in [1.82, 2.24) is 0 Å². The second kappa shape index (κ2) is 3.81. The molecule has 2 aliphatic rings. The van der Waals surface area contributed by atoms with Crippen LogP contribution in [0.3, 0.4) is 0 Å². The van der Waals surface area contributed by atoms with E-state index in [-0.39, 0.29) is 20.3 Å². The molecule has 0 heterocycles. The quantitative estimate of drug-likeness (QED) is 0.409. The van der Waals surface area contributed by atoms with E-state index in [4.69, 9.17) is 0 Å². The van der Waals surface area contributed by atoms with Crippen molar-refractivity contribution >= 4 is 0 Å². The molecule has 11 heavy (non-hydrogen) atoms. The summed E-state index contributed by atoms with van der Waals surface area (Å²) in [7, 11) is 0. The molecule has 0 N–H and O–H groups in total. The Bertz CT molecular complexity index is 259. The van der Waals surface area contributed by atoms with E-state index in [0.717, 1.165) is 0 Å². The van der Waals surface area contributed by atoms with Gasteiger partial charge in [0.1, 0.15) is 0 Å². The molecule has 0 aliphatic heterocycles. The first-order valence-corrected chi connectivity index (χ1v) is 3.71. The van der Waals surface area contributed by atoms with E-state index in [1.165, 1.54) is 24.0 Å². The van der Waals surface area contributed by atoms with Gasteiger partial charge in [0.2, 0.25) is 0 Å². The number of hydrogen-bond acceptors (Lipinski definition) is 0. The zero-order chi connectivity index (χ0) is 6.81. The fourth-order valence-electron chi connectivity index (χ4n) is 1.41. The Morgan fingerprint density at radius 1 is 1.18 bits per heavy atom. The van der Waals surface area contributed by atoms with Gasteiger partial charge in [0.15, 0.2) is 0 Å². The summed E-state index contributed by atoms with van der Waals surface area (Å²) in [6.07, 6.45) is 15.4. The minimum atomic E-state index is 0. The van der Waals surface area contributed by atoms with E-state index >= 15 is 0 Å². The van der Waals surface area contributed by atoms with Crippen molar-refractivity contribution < 1.29 is 20.3 Å². The fraction of sp³-hybridized carbons (Fsp3) is 0.200. The van der Waals surface area contributed by atoms with Crippen LogP contribution in [-0.2, 0) is 0 Å². The molecule has 0 aromatic heterocycles. The van der Waals surface area contributed by atoms with Gasteiger partial charge in [0.05, 0.1) is 0 Å². The molecule has 0 bridgehead atoms. The summed E-state index contributed by atoms with van der Waals surface area (Å²) in [6.45, 7) is 0. The molecule has 0 saturated carbocycles. The summed E-state index contributed by atoms with van der Waals surface area (Å²) in [5.74, 6) is 0. The van der Waals surface area contributed by atoms with E-state index in [1.807, 2.05) is 0 Å². The van der Waals surface area contributed by atoms with Crippen LogP contribution in [0.15, 0.2) is 47.6 Å². The van der Waals surface area contributed by atoms with Gasteiger partial charge in [0.25, 0.3) is 0 Å². The summed E-state index contributed by atoms with van der Waals surface area (Å²) >= 11 is 0. The molecule has 0 unspecified atom stereocenters. The molecule has 0 nitrogen and oxygen atoms in total. The zero-order valence-electron chi connectivity index (χ0n) is 7.88. The fourth-order valence-corrected chi connectivity index (χ4v) is 1.41. The first-order chi connectivity index (χ1) is 4.97. The van der Waals surface area contributed by atoms with Crippen LogP contribution in [0.4, 0.5) is 0 Å². The minimum Gasteiger partial charge on any atom is -1.00 e. The Kier molecular flexibility index (Phi) is 3.00. The van der Waals surface area contributed by atoms with Gasteiger partial charge in [-0.05, 0) is 24.0 Å². The Hall–Kier alpha value is -0.443. The third-order valence-electron chi connectivity index (χ3n) is 1.94. The Morgan fingerprint density at radius 2 is 2.09 bits per heavy atom. The second-order valence-corrected chi connectivity index (χ2v) is 2.63. The van der Waals surface area contributed by atoms with Crippen molar-refractivity contribution in [3.8, 4) is 0 Å². The normalized spacial score (nSPS) is 19.6. The molecule has 0 aromatic rings. The van der Waals surface area contributed by atoms with Crippen molar-refractivity contribution in [2.75, 3.05) is 0 Å². The third kappa shape index (κ3) is 1.77. The SMILES string of the molecule is C1=CC=C2CCC=C2C=C1.[H-].[Li+]. The van der Waals surface area contributed by atoms with Crippen LogP contribution < -0.4 is 18.9 Å². The summed E-state index contributed by atoms with van der Waals surface area (Å²) < 4.78 is 0. The largest absolute Gasteiger partial charge is 1.00 e. The van der Waals surface area contributed by atoms with Crippen LogP contribution in [0.2, 0.25) is 0 Å². The van der Waals surface area contributed by atoms with Crippen LogP contribution in [0.5, 0.6) is 0 Å². The molecule has 0 atom stereocenters. The summed E-state index contributed by atoms with van der Waals surface area (Å²) in [4.78, 5) is 0. The Labute approximate surface area is 81.0 Å². The van der Waals surface area contributed by atoms with Gasteiger partial charge in [-0.2, -0.15) is 0 Å². The first-order valence-electron chi connectivity index (χ1n) is 3.71. The van der Waals surface area contributed by atoms with Gasteiger partial charge in [-0.3, -0.25) is 0 Å². The molecule has 1 heteroatoms. The molecule has 0 radical (unpaired) electrons. The molecule has 0 aromatic carbocycles. The predicted octanol–water partition coefficient (Wildman–Crippen LogP) is -0.125. The molecule has 2 aliphatic carbocycles. The average Bonchev–Trinajstić information content (AvgIpc) is 2.28. The van der Waals surface area contributed by atoms with Crippen LogP contribution in [0.1, 0.15) is 14.3 Å². The molecule has 0 spiro atoms. The van der Waals surface area contributed by atoms with E-state index in [2.05, 4.69) is 36.5 Å². The van der Waals surface area contributed by atoms with Gasteiger partial charge in [-0.15, -0.1) is 0 Å². The minimum absolute atomic E-state index is 0. The van der Waals surface area contributed by atoms with Crippen LogP contribution >= 0.6 is 0 Å². The van der Waals surface area contributed by atoms with Crippen LogP contribution in [0.25, 0.3) is 0 Å². The average molecular weight is 138 g/mol. The van der Waals surface area contributed by atoms with E-state index < -0.39 is 0 Å². The third-order valence-corrected chi connectivity index (χ3v) is 1.94. The van der Waals surface area contributed by atoms with Gasteiger partial charge >= 0.3 is 18.9 Å². The number of allylic oxidation sites excluding steroid dienone is 8. The predicted molar refractivity (Wildman–Crippen MR) is 44.8 cm³/mol. The van der Waals surface area contributed by atoms with Crippen molar-refractivity contribution in [1.29, 1.82) is 0 Å². The van der Waals surface area contributed by atoms with Crippen LogP contribution in [-0.4, -0.2) is 0 Å². The smallest absolute Gasteiger partial charge is 1.00 e. The Balaban J connectivity index is 0.000000605. The number of hydrogen-bond donors (Lipinski definition) is 0. The molecule has 0 amide bonds. The van der Waals surface area contributed by atoms with Crippen LogP contribution in [0, 0.1) is 0 Å². The maximum atomic E-state index is 2.30. The zero-order valence-corrected chi connectivity index (χ0v) is 6.88. The van der Waals surface area contributed by atoms with Gasteiger partial charge in [0, 0.05) is 0 Å². The number of fused-ring (bicyclic) bond motifs is 1. The topological polar surface area (TPSA) is 0 Å². The molecular weight excluding hydrogens is 127 g/mol. The molecule has 0 saturated heterocycles. The van der Waals surface area contributed by atoms with Gasteiger partial charge < -0.3 is 1.43 Å². The summed E-state index contributed by atoms with van der Waals surface area (Å²) in [5.41, 5.74) is 2.91. The van der Waals surface area contributed by atoms with Crippen molar-refractivity contribution in [3.05, 3.63) is 47.6 Å². The monoisotopic (exact) mass is 138 g/mol. The Morgan fingerprint density at radius 3 is 3.00 bits per heavy atom. The van der Waals surface area contributed by atoms with Crippen molar-refractivity contribution in [2.45, 2.75) is 12.8 Å². The van der Waals surface area contributed by atoms with E-state index in [1.54, 1.807) is 0 Å². The summed E-state index contributed by atoms with van der Waals surface area (Å²) in [6, 6.07) is 0. The second-order valence-electron chi connectivity index (χ2n) is 2.63. The maximum absolute atomic E-state index is 2.30. The first kappa shape index (κ1) is 8.65. The number of rotatable bonds is 0. The molecule has 0 fully saturated rings. The molecule has 2 rings (SSSR count). The standard InChI is InChI=1S/C10H10.Li.H/c1-2-5-9-7-4-8-10(9)6-3-1;;/h1-3,5-7H,4,8H2;;/q;+1;-1. The summed E-state index contributed by atoms with van der Waals surface area (Å²) in [5, 5.41) is 0. The van der Waals surface area contributed by atoms with E-state index in [0.29, 0.717) is 0 Å². The maximum Gasteiger partial charge on any atom is 1.00 e.